The molecule has 0 amide bonds. The summed E-state index contributed by atoms with van der Waals surface area (Å²) in [6.45, 7) is 1.29. The standard InChI is InChI=1S/C23H20N2O7/c1-3-24-22(28)17-6-4-5-7-18(17)25(23(24)29)12-21(27)31-13-14-10-20(26)32-19-11-15(30-2)8-9-16(14)19/h4-11H,3,12-13H2,1-2H3. The molecule has 9 nitrogen and oxygen atoms in total. The summed E-state index contributed by atoms with van der Waals surface area (Å²) in [5.41, 5.74) is -0.471. The van der Waals surface area contributed by atoms with Crippen molar-refractivity contribution in [3.05, 3.63) is 85.4 Å². The second-order valence-electron chi connectivity index (χ2n) is 7.05. The van der Waals surface area contributed by atoms with Crippen molar-refractivity contribution in [1.29, 1.82) is 0 Å². The zero-order valence-corrected chi connectivity index (χ0v) is 17.5. The largest absolute Gasteiger partial charge is 0.497 e. The number of fused-ring (bicyclic) bond motifs is 2. The Kier molecular flexibility index (Phi) is 5.63. The molecule has 0 aliphatic carbocycles. The number of carbonyl (C=O) groups is 1. The highest BCUT2D eigenvalue weighted by molar-refractivity contribution is 5.82. The molecule has 32 heavy (non-hydrogen) atoms. The summed E-state index contributed by atoms with van der Waals surface area (Å²) in [6, 6.07) is 12.8. The number of hydrogen-bond donors (Lipinski definition) is 0. The van der Waals surface area contributed by atoms with Crippen LogP contribution in [0.25, 0.3) is 21.9 Å². The van der Waals surface area contributed by atoms with Crippen LogP contribution in [0.1, 0.15) is 12.5 Å². The van der Waals surface area contributed by atoms with Gasteiger partial charge in [-0.1, -0.05) is 12.1 Å². The van der Waals surface area contributed by atoms with E-state index >= 15 is 0 Å². The zero-order valence-electron chi connectivity index (χ0n) is 17.5. The van der Waals surface area contributed by atoms with Gasteiger partial charge in [-0.3, -0.25) is 18.7 Å². The Balaban J connectivity index is 1.64. The van der Waals surface area contributed by atoms with E-state index in [1.807, 2.05) is 0 Å². The number of benzene rings is 2. The third-order valence-electron chi connectivity index (χ3n) is 5.16. The van der Waals surface area contributed by atoms with Crippen molar-refractivity contribution in [2.24, 2.45) is 0 Å². The van der Waals surface area contributed by atoms with Crippen molar-refractivity contribution >= 4 is 27.8 Å². The molecule has 0 radical (unpaired) electrons. The number of aromatic nitrogens is 2. The van der Waals surface area contributed by atoms with Crippen molar-refractivity contribution in [3.63, 3.8) is 0 Å². The van der Waals surface area contributed by atoms with Crippen LogP contribution in [-0.2, 0) is 29.2 Å². The molecule has 0 saturated carbocycles. The third-order valence-corrected chi connectivity index (χ3v) is 5.16. The zero-order chi connectivity index (χ0) is 22.8. The van der Waals surface area contributed by atoms with Gasteiger partial charge in [0.15, 0.2) is 0 Å². The number of ether oxygens (including phenoxy) is 2. The Morgan fingerprint density at radius 2 is 1.78 bits per heavy atom. The van der Waals surface area contributed by atoms with Gasteiger partial charge in [-0.2, -0.15) is 0 Å². The van der Waals surface area contributed by atoms with Gasteiger partial charge in [0.25, 0.3) is 5.56 Å². The second-order valence-corrected chi connectivity index (χ2v) is 7.05. The minimum Gasteiger partial charge on any atom is -0.497 e. The monoisotopic (exact) mass is 436 g/mol. The normalized spacial score (nSPS) is 11.1. The molecule has 164 valence electrons. The van der Waals surface area contributed by atoms with Crippen LogP contribution >= 0.6 is 0 Å². The molecule has 9 heteroatoms. The number of esters is 1. The summed E-state index contributed by atoms with van der Waals surface area (Å²) in [5.74, 6) is -0.166. The van der Waals surface area contributed by atoms with Gasteiger partial charge >= 0.3 is 17.3 Å². The Labute approximate surface area is 181 Å². The number of rotatable bonds is 6. The van der Waals surface area contributed by atoms with E-state index in [1.165, 1.54) is 17.7 Å². The van der Waals surface area contributed by atoms with Gasteiger partial charge in [0.2, 0.25) is 0 Å². The lowest BCUT2D eigenvalue weighted by molar-refractivity contribution is -0.145. The quantitative estimate of drug-likeness (QED) is 0.336. The second kappa shape index (κ2) is 8.54. The molecule has 2 heterocycles. The molecule has 0 aliphatic rings. The molecule has 0 bridgehead atoms. The van der Waals surface area contributed by atoms with Crippen LogP contribution in [0.3, 0.4) is 0 Å². The molecule has 4 aromatic rings. The first-order valence-electron chi connectivity index (χ1n) is 9.91. The molecule has 0 fully saturated rings. The number of carbonyl (C=O) groups excluding carboxylic acids is 1. The van der Waals surface area contributed by atoms with Crippen molar-refractivity contribution in [1.82, 2.24) is 9.13 Å². The van der Waals surface area contributed by atoms with Crippen LogP contribution in [-0.4, -0.2) is 22.2 Å². The average molecular weight is 436 g/mol. The van der Waals surface area contributed by atoms with Gasteiger partial charge in [0, 0.05) is 29.6 Å². The maximum atomic E-state index is 12.8. The van der Waals surface area contributed by atoms with E-state index in [-0.39, 0.29) is 19.7 Å². The van der Waals surface area contributed by atoms with Gasteiger partial charge in [-0.25, -0.2) is 9.59 Å². The van der Waals surface area contributed by atoms with E-state index in [0.29, 0.717) is 33.2 Å². The molecule has 4 rings (SSSR count). The molecule has 2 aromatic heterocycles. The smallest absolute Gasteiger partial charge is 0.336 e. The van der Waals surface area contributed by atoms with E-state index in [2.05, 4.69) is 0 Å². The van der Waals surface area contributed by atoms with Crippen molar-refractivity contribution in [2.45, 2.75) is 26.6 Å². The van der Waals surface area contributed by atoms with Crippen LogP contribution in [0.5, 0.6) is 5.75 Å². The number of para-hydroxylation sites is 1. The van der Waals surface area contributed by atoms with E-state index in [1.54, 1.807) is 49.4 Å². The van der Waals surface area contributed by atoms with Gasteiger partial charge in [-0.15, -0.1) is 0 Å². The number of methoxy groups -OCH3 is 1. The first-order chi connectivity index (χ1) is 15.4. The molecule has 0 saturated heterocycles. The minimum absolute atomic E-state index is 0.173. The summed E-state index contributed by atoms with van der Waals surface area (Å²) < 4.78 is 18.0. The van der Waals surface area contributed by atoms with Gasteiger partial charge < -0.3 is 13.9 Å². The molecule has 0 atom stereocenters. The maximum absolute atomic E-state index is 12.8. The Morgan fingerprint density at radius 1 is 1.00 bits per heavy atom. The molecule has 0 aliphatic heterocycles. The summed E-state index contributed by atoms with van der Waals surface area (Å²) in [6.07, 6.45) is 0. The lowest BCUT2D eigenvalue weighted by atomic mass is 10.1. The van der Waals surface area contributed by atoms with Crippen LogP contribution < -0.4 is 21.6 Å². The summed E-state index contributed by atoms with van der Waals surface area (Å²) in [7, 11) is 1.50. The summed E-state index contributed by atoms with van der Waals surface area (Å²) >= 11 is 0. The first kappa shape index (κ1) is 21.1. The topological polar surface area (TPSA) is 110 Å². The molecular weight excluding hydrogens is 416 g/mol. The molecular formula is C23H20N2O7. The van der Waals surface area contributed by atoms with Crippen LogP contribution in [0.15, 0.2) is 67.3 Å². The van der Waals surface area contributed by atoms with Gasteiger partial charge in [0.1, 0.15) is 24.5 Å². The summed E-state index contributed by atoms with van der Waals surface area (Å²) in [4.78, 5) is 49.8. The fraction of sp³-hybridized carbons (Fsp3) is 0.217. The third kappa shape index (κ3) is 3.80. The van der Waals surface area contributed by atoms with E-state index in [0.717, 1.165) is 4.57 Å². The highest BCUT2D eigenvalue weighted by atomic mass is 16.5. The molecule has 0 N–H and O–H groups in total. The minimum atomic E-state index is -0.687. The SMILES string of the molecule is CCn1c(=O)c2ccccc2n(CC(=O)OCc2cc(=O)oc3cc(OC)ccc23)c1=O. The highest BCUT2D eigenvalue weighted by Crippen LogP contribution is 2.23. The first-order valence-corrected chi connectivity index (χ1v) is 9.91. The molecule has 0 unspecified atom stereocenters. The average Bonchev–Trinajstić information content (AvgIpc) is 2.80. The number of nitrogens with zero attached hydrogens (tertiary/aromatic N) is 2. The predicted molar refractivity (Wildman–Crippen MR) is 117 cm³/mol. The Morgan fingerprint density at radius 3 is 2.53 bits per heavy atom. The van der Waals surface area contributed by atoms with Crippen molar-refractivity contribution < 1.29 is 18.7 Å². The Bertz CT molecular complexity index is 1510. The lowest BCUT2D eigenvalue weighted by Crippen LogP contribution is -2.40. The van der Waals surface area contributed by atoms with Gasteiger partial charge in [-0.05, 0) is 31.2 Å². The Hall–Kier alpha value is -4.14. The number of hydrogen-bond acceptors (Lipinski definition) is 7. The van der Waals surface area contributed by atoms with E-state index in [4.69, 9.17) is 13.9 Å². The van der Waals surface area contributed by atoms with Crippen molar-refractivity contribution in [3.8, 4) is 5.75 Å². The maximum Gasteiger partial charge on any atom is 0.336 e. The molecule has 0 spiro atoms. The predicted octanol–water partition coefficient (Wildman–Crippen LogP) is 2.04. The van der Waals surface area contributed by atoms with Crippen LogP contribution in [0.2, 0.25) is 0 Å². The van der Waals surface area contributed by atoms with Crippen LogP contribution in [0.4, 0.5) is 0 Å². The lowest BCUT2D eigenvalue weighted by Gasteiger charge is -2.13. The summed E-state index contributed by atoms with van der Waals surface area (Å²) in [5, 5.41) is 0.933. The molecule has 2 aromatic carbocycles. The highest BCUT2D eigenvalue weighted by Gasteiger charge is 2.16. The van der Waals surface area contributed by atoms with Gasteiger partial charge in [0.05, 0.1) is 18.0 Å². The van der Waals surface area contributed by atoms with E-state index < -0.39 is 22.8 Å². The fourth-order valence-corrected chi connectivity index (χ4v) is 3.59. The van der Waals surface area contributed by atoms with E-state index in [9.17, 15) is 19.2 Å². The van der Waals surface area contributed by atoms with Crippen LogP contribution in [0, 0.1) is 0 Å². The van der Waals surface area contributed by atoms with Crippen molar-refractivity contribution in [2.75, 3.05) is 7.11 Å². The fourth-order valence-electron chi connectivity index (χ4n) is 3.59.